The third kappa shape index (κ3) is 2.08. The Bertz CT molecular complexity index is 458. The van der Waals surface area contributed by atoms with E-state index in [4.69, 9.17) is 5.11 Å². The summed E-state index contributed by atoms with van der Waals surface area (Å²) in [6.07, 6.45) is 2.77. The van der Waals surface area contributed by atoms with E-state index >= 15 is 0 Å². The van der Waals surface area contributed by atoms with Gasteiger partial charge in [0.05, 0.1) is 6.26 Å². The van der Waals surface area contributed by atoms with Crippen LogP contribution >= 0.6 is 0 Å². The van der Waals surface area contributed by atoms with Crippen molar-refractivity contribution >= 4 is 6.08 Å². The van der Waals surface area contributed by atoms with Gasteiger partial charge in [0, 0.05) is 0 Å². The summed E-state index contributed by atoms with van der Waals surface area (Å²) in [5.41, 5.74) is 3.31. The van der Waals surface area contributed by atoms with Gasteiger partial charge in [-0.3, -0.25) is 0 Å². The molecule has 2 rings (SSSR count). The first kappa shape index (κ1) is 9.53. The van der Waals surface area contributed by atoms with E-state index in [9.17, 15) is 0 Å². The van der Waals surface area contributed by atoms with Gasteiger partial charge in [0.15, 0.2) is 0 Å². The maximum atomic E-state index is 8.81. The molecule has 0 atom stereocenters. The second kappa shape index (κ2) is 4.47. The molecule has 0 aliphatic heterocycles. The van der Waals surface area contributed by atoms with Crippen LogP contribution in [-0.4, -0.2) is 5.11 Å². The van der Waals surface area contributed by atoms with Gasteiger partial charge < -0.3 is 5.11 Å². The number of rotatable bonds is 2. The number of aliphatic hydroxyl groups is 1. The van der Waals surface area contributed by atoms with Crippen LogP contribution in [0, 0.1) is 0 Å². The van der Waals surface area contributed by atoms with Gasteiger partial charge in [0.2, 0.25) is 0 Å². The van der Waals surface area contributed by atoms with Crippen molar-refractivity contribution in [3.8, 4) is 11.1 Å². The molecule has 0 amide bonds. The van der Waals surface area contributed by atoms with Gasteiger partial charge in [-0.15, -0.1) is 0 Å². The van der Waals surface area contributed by atoms with Gasteiger partial charge in [-0.05, 0) is 22.8 Å². The molecule has 0 fully saturated rings. The van der Waals surface area contributed by atoms with Crippen molar-refractivity contribution in [3.05, 3.63) is 66.4 Å². The second-order valence-corrected chi connectivity index (χ2v) is 3.27. The molecular formula is C14H12O. The standard InChI is InChI=1S/C14H12O/c15-11-10-13-8-4-5-9-14(13)12-6-2-1-3-7-12/h1-11,15H/b11-10+. The molecule has 15 heavy (non-hydrogen) atoms. The zero-order valence-electron chi connectivity index (χ0n) is 8.30. The van der Waals surface area contributed by atoms with Gasteiger partial charge in [-0.1, -0.05) is 54.6 Å². The molecule has 0 saturated heterocycles. The quantitative estimate of drug-likeness (QED) is 0.722. The molecule has 0 spiro atoms. The van der Waals surface area contributed by atoms with Crippen molar-refractivity contribution < 1.29 is 5.11 Å². The lowest BCUT2D eigenvalue weighted by Gasteiger charge is -2.05. The van der Waals surface area contributed by atoms with Crippen molar-refractivity contribution in [2.75, 3.05) is 0 Å². The van der Waals surface area contributed by atoms with Crippen LogP contribution in [0.15, 0.2) is 60.9 Å². The van der Waals surface area contributed by atoms with E-state index in [1.165, 1.54) is 0 Å². The topological polar surface area (TPSA) is 20.2 Å². The Hall–Kier alpha value is -2.02. The van der Waals surface area contributed by atoms with E-state index in [-0.39, 0.29) is 0 Å². The Morgan fingerprint density at radius 1 is 0.800 bits per heavy atom. The minimum atomic E-state index is 1.02. The van der Waals surface area contributed by atoms with Crippen molar-refractivity contribution in [1.29, 1.82) is 0 Å². The summed E-state index contributed by atoms with van der Waals surface area (Å²) >= 11 is 0. The van der Waals surface area contributed by atoms with Crippen LogP contribution in [-0.2, 0) is 0 Å². The second-order valence-electron chi connectivity index (χ2n) is 3.27. The molecule has 0 heterocycles. The highest BCUT2D eigenvalue weighted by Gasteiger charge is 2.00. The van der Waals surface area contributed by atoms with Gasteiger partial charge in [0.25, 0.3) is 0 Å². The highest BCUT2D eigenvalue weighted by Crippen LogP contribution is 2.23. The molecule has 2 aromatic carbocycles. The molecule has 0 bridgehead atoms. The van der Waals surface area contributed by atoms with Crippen LogP contribution in [0.1, 0.15) is 5.56 Å². The Morgan fingerprint density at radius 3 is 2.20 bits per heavy atom. The average molecular weight is 196 g/mol. The third-order valence-electron chi connectivity index (χ3n) is 2.30. The van der Waals surface area contributed by atoms with Crippen LogP contribution in [0.5, 0.6) is 0 Å². The Labute approximate surface area is 89.3 Å². The summed E-state index contributed by atoms with van der Waals surface area (Å²) in [7, 11) is 0. The molecule has 0 aliphatic carbocycles. The third-order valence-corrected chi connectivity index (χ3v) is 2.30. The summed E-state index contributed by atoms with van der Waals surface area (Å²) in [5.74, 6) is 0. The maximum Gasteiger partial charge on any atom is 0.0797 e. The van der Waals surface area contributed by atoms with Crippen LogP contribution in [0.4, 0.5) is 0 Å². The normalized spacial score (nSPS) is 10.7. The summed E-state index contributed by atoms with van der Waals surface area (Å²) in [4.78, 5) is 0. The van der Waals surface area contributed by atoms with E-state index in [0.29, 0.717) is 0 Å². The summed E-state index contributed by atoms with van der Waals surface area (Å²) < 4.78 is 0. The van der Waals surface area contributed by atoms with Crippen LogP contribution < -0.4 is 0 Å². The smallest absolute Gasteiger partial charge is 0.0797 e. The summed E-state index contributed by atoms with van der Waals surface area (Å²) in [6, 6.07) is 18.1. The highest BCUT2D eigenvalue weighted by molar-refractivity contribution is 5.74. The van der Waals surface area contributed by atoms with Gasteiger partial charge in [-0.2, -0.15) is 0 Å². The van der Waals surface area contributed by atoms with Gasteiger partial charge in [-0.25, -0.2) is 0 Å². The van der Waals surface area contributed by atoms with E-state index in [0.717, 1.165) is 23.0 Å². The summed E-state index contributed by atoms with van der Waals surface area (Å²) in [5, 5.41) is 8.81. The molecule has 0 unspecified atom stereocenters. The minimum Gasteiger partial charge on any atom is -0.516 e. The first-order valence-corrected chi connectivity index (χ1v) is 4.87. The van der Waals surface area contributed by atoms with Crippen molar-refractivity contribution in [1.82, 2.24) is 0 Å². The first-order chi connectivity index (χ1) is 7.42. The maximum absolute atomic E-state index is 8.81. The largest absolute Gasteiger partial charge is 0.516 e. The molecule has 0 saturated carbocycles. The monoisotopic (exact) mass is 196 g/mol. The molecular weight excluding hydrogens is 184 g/mol. The summed E-state index contributed by atoms with van der Waals surface area (Å²) in [6.45, 7) is 0. The van der Waals surface area contributed by atoms with E-state index < -0.39 is 0 Å². The lowest BCUT2D eigenvalue weighted by Crippen LogP contribution is -1.81. The highest BCUT2D eigenvalue weighted by atomic mass is 16.2. The number of benzene rings is 2. The minimum absolute atomic E-state index is 1.02. The number of hydrogen-bond acceptors (Lipinski definition) is 1. The molecule has 0 radical (unpaired) electrons. The molecule has 0 aromatic heterocycles. The fourth-order valence-corrected chi connectivity index (χ4v) is 1.60. The van der Waals surface area contributed by atoms with E-state index in [1.54, 1.807) is 6.08 Å². The fourth-order valence-electron chi connectivity index (χ4n) is 1.60. The first-order valence-electron chi connectivity index (χ1n) is 4.87. The lowest BCUT2D eigenvalue weighted by atomic mass is 10.00. The zero-order valence-corrected chi connectivity index (χ0v) is 8.30. The molecule has 74 valence electrons. The van der Waals surface area contributed by atoms with Crippen LogP contribution in [0.3, 0.4) is 0 Å². The molecule has 2 aromatic rings. The SMILES string of the molecule is O/C=C/c1ccccc1-c1ccccc1. The van der Waals surface area contributed by atoms with Gasteiger partial charge >= 0.3 is 0 Å². The molecule has 1 N–H and O–H groups in total. The van der Waals surface area contributed by atoms with Crippen LogP contribution in [0.25, 0.3) is 17.2 Å². The Kier molecular flexibility index (Phi) is 2.84. The van der Waals surface area contributed by atoms with Gasteiger partial charge in [0.1, 0.15) is 0 Å². The van der Waals surface area contributed by atoms with E-state index in [1.807, 2.05) is 42.5 Å². The Balaban J connectivity index is 2.53. The average Bonchev–Trinajstić information content (AvgIpc) is 2.31. The van der Waals surface area contributed by atoms with E-state index in [2.05, 4.69) is 12.1 Å². The number of aliphatic hydroxyl groups excluding tert-OH is 1. The number of hydrogen-bond donors (Lipinski definition) is 1. The Morgan fingerprint density at radius 2 is 1.47 bits per heavy atom. The van der Waals surface area contributed by atoms with Crippen LogP contribution in [0.2, 0.25) is 0 Å². The zero-order chi connectivity index (χ0) is 10.5. The van der Waals surface area contributed by atoms with Crippen molar-refractivity contribution in [2.45, 2.75) is 0 Å². The van der Waals surface area contributed by atoms with Crippen molar-refractivity contribution in [2.24, 2.45) is 0 Å². The lowest BCUT2D eigenvalue weighted by molar-refractivity contribution is 0.478. The fraction of sp³-hybridized carbons (Fsp3) is 0. The van der Waals surface area contributed by atoms with Crippen molar-refractivity contribution in [3.63, 3.8) is 0 Å². The predicted molar refractivity (Wildman–Crippen MR) is 63.5 cm³/mol. The molecule has 1 nitrogen and oxygen atoms in total. The molecule has 1 heteroatoms. The molecule has 0 aliphatic rings. The predicted octanol–water partition coefficient (Wildman–Crippen LogP) is 3.88.